The van der Waals surface area contributed by atoms with Gasteiger partial charge in [-0.3, -0.25) is 0 Å². The fraction of sp³-hybridized carbons (Fsp3) is 0.364. The van der Waals surface area contributed by atoms with E-state index in [0.29, 0.717) is 16.8 Å². The van der Waals surface area contributed by atoms with Crippen molar-refractivity contribution in [1.29, 1.82) is 0 Å². The van der Waals surface area contributed by atoms with E-state index in [1.54, 1.807) is 18.2 Å². The number of rotatable bonds is 3. The number of benzene rings is 1. The van der Waals surface area contributed by atoms with Crippen LogP contribution in [0.5, 0.6) is 0 Å². The van der Waals surface area contributed by atoms with Gasteiger partial charge in [0.2, 0.25) is 9.84 Å². The number of oxazole rings is 1. The highest BCUT2D eigenvalue weighted by Crippen LogP contribution is 2.22. The van der Waals surface area contributed by atoms with Gasteiger partial charge in [-0.05, 0) is 24.1 Å². The summed E-state index contributed by atoms with van der Waals surface area (Å²) in [6.45, 7) is 3.66. The normalized spacial score (nSPS) is 12.4. The van der Waals surface area contributed by atoms with E-state index in [2.05, 4.69) is 4.98 Å². The zero-order valence-electron chi connectivity index (χ0n) is 9.67. The Hall–Kier alpha value is -1.56. The smallest absolute Gasteiger partial charge is 0.316 e. The highest BCUT2D eigenvalue weighted by atomic mass is 32.2. The van der Waals surface area contributed by atoms with E-state index >= 15 is 0 Å². The number of fused-ring (bicyclic) bond motifs is 1. The van der Waals surface area contributed by atoms with Gasteiger partial charge in [0.1, 0.15) is 5.52 Å². The number of hydrogen-bond acceptors (Lipinski definition) is 5. The van der Waals surface area contributed by atoms with Gasteiger partial charge in [-0.1, -0.05) is 13.8 Å². The van der Waals surface area contributed by atoms with E-state index in [9.17, 15) is 8.42 Å². The Bertz CT molecular complexity index is 644. The molecule has 0 radical (unpaired) electrons. The number of nitrogens with zero attached hydrogens (tertiary/aromatic N) is 1. The van der Waals surface area contributed by atoms with Crippen LogP contribution in [0.3, 0.4) is 0 Å². The third-order valence-corrected chi connectivity index (χ3v) is 4.02. The molecule has 0 saturated carbocycles. The van der Waals surface area contributed by atoms with E-state index in [0.717, 1.165) is 0 Å². The molecular formula is C11H14N2O3S. The summed E-state index contributed by atoms with van der Waals surface area (Å²) in [6.07, 6.45) is 0. The van der Waals surface area contributed by atoms with Gasteiger partial charge in [0.25, 0.3) is 0 Å². The number of anilines is 1. The van der Waals surface area contributed by atoms with Crippen molar-refractivity contribution < 1.29 is 12.8 Å². The number of nitrogens with two attached hydrogens (primary N) is 1. The van der Waals surface area contributed by atoms with Crippen LogP contribution in [0.2, 0.25) is 0 Å². The first kappa shape index (κ1) is 11.9. The third kappa shape index (κ3) is 2.41. The third-order valence-electron chi connectivity index (χ3n) is 2.21. The van der Waals surface area contributed by atoms with Gasteiger partial charge < -0.3 is 10.2 Å². The van der Waals surface area contributed by atoms with Gasteiger partial charge >= 0.3 is 5.22 Å². The zero-order valence-corrected chi connectivity index (χ0v) is 10.5. The second-order valence-electron chi connectivity index (χ2n) is 4.38. The van der Waals surface area contributed by atoms with Crippen molar-refractivity contribution in [2.75, 3.05) is 11.5 Å². The first-order valence-corrected chi connectivity index (χ1v) is 6.92. The van der Waals surface area contributed by atoms with Gasteiger partial charge in [-0.2, -0.15) is 4.98 Å². The molecule has 0 aliphatic heterocycles. The van der Waals surface area contributed by atoms with Crippen LogP contribution in [0.25, 0.3) is 11.1 Å². The number of aromatic nitrogens is 1. The van der Waals surface area contributed by atoms with E-state index in [4.69, 9.17) is 10.2 Å². The standard InChI is InChI=1S/C11H14N2O3S/c1-7(2)6-17(14,15)11-13-9-5-8(12)3-4-10(9)16-11/h3-5,7H,6,12H2,1-2H3. The molecule has 5 nitrogen and oxygen atoms in total. The molecule has 2 aromatic rings. The highest BCUT2D eigenvalue weighted by Gasteiger charge is 2.23. The molecule has 0 aliphatic carbocycles. The SMILES string of the molecule is CC(C)CS(=O)(=O)c1nc2cc(N)ccc2o1. The van der Waals surface area contributed by atoms with Crippen LogP contribution in [-0.2, 0) is 9.84 Å². The molecule has 0 unspecified atom stereocenters. The summed E-state index contributed by atoms with van der Waals surface area (Å²) in [5.74, 6) is 0.0510. The summed E-state index contributed by atoms with van der Waals surface area (Å²) in [7, 11) is -3.45. The summed E-state index contributed by atoms with van der Waals surface area (Å²) < 4.78 is 29.1. The molecule has 0 saturated heterocycles. The van der Waals surface area contributed by atoms with Crippen LogP contribution in [0.15, 0.2) is 27.8 Å². The quantitative estimate of drug-likeness (QED) is 0.844. The Morgan fingerprint density at radius 3 is 2.76 bits per heavy atom. The number of sulfone groups is 1. The Kier molecular flexibility index (Phi) is 2.82. The van der Waals surface area contributed by atoms with Crippen LogP contribution in [0, 0.1) is 5.92 Å². The summed E-state index contributed by atoms with van der Waals surface area (Å²) in [5.41, 5.74) is 7.02. The van der Waals surface area contributed by atoms with Crippen molar-refractivity contribution >= 4 is 26.6 Å². The lowest BCUT2D eigenvalue weighted by Crippen LogP contribution is -2.12. The lowest BCUT2D eigenvalue weighted by atomic mass is 10.3. The average Bonchev–Trinajstić information content (AvgIpc) is 2.58. The molecule has 0 amide bonds. The Labute approximate surface area is 99.6 Å². The molecule has 0 atom stereocenters. The van der Waals surface area contributed by atoms with Crippen molar-refractivity contribution in [3.05, 3.63) is 18.2 Å². The first-order valence-electron chi connectivity index (χ1n) is 5.27. The second-order valence-corrected chi connectivity index (χ2v) is 6.29. The molecule has 2 rings (SSSR count). The average molecular weight is 254 g/mol. The Morgan fingerprint density at radius 2 is 2.12 bits per heavy atom. The molecule has 1 aromatic carbocycles. The monoisotopic (exact) mass is 254 g/mol. The van der Waals surface area contributed by atoms with Crippen molar-refractivity contribution in [2.45, 2.75) is 19.1 Å². The zero-order chi connectivity index (χ0) is 12.6. The fourth-order valence-electron chi connectivity index (χ4n) is 1.57. The maximum atomic E-state index is 11.9. The second kappa shape index (κ2) is 4.03. The molecule has 0 aliphatic rings. The predicted molar refractivity (Wildman–Crippen MR) is 65.3 cm³/mol. The van der Waals surface area contributed by atoms with E-state index in [1.165, 1.54) is 0 Å². The van der Waals surface area contributed by atoms with Crippen LogP contribution < -0.4 is 5.73 Å². The van der Waals surface area contributed by atoms with Crippen LogP contribution >= 0.6 is 0 Å². The van der Waals surface area contributed by atoms with Crippen molar-refractivity contribution in [2.24, 2.45) is 5.92 Å². The lowest BCUT2D eigenvalue weighted by molar-refractivity contribution is 0.455. The minimum atomic E-state index is -3.45. The van der Waals surface area contributed by atoms with Crippen LogP contribution in [0.4, 0.5) is 5.69 Å². The Balaban J connectivity index is 2.50. The molecule has 1 aromatic heterocycles. The summed E-state index contributed by atoms with van der Waals surface area (Å²) in [6, 6.07) is 4.85. The highest BCUT2D eigenvalue weighted by molar-refractivity contribution is 7.91. The number of hydrogen-bond donors (Lipinski definition) is 1. The van der Waals surface area contributed by atoms with Crippen LogP contribution in [0.1, 0.15) is 13.8 Å². The van der Waals surface area contributed by atoms with Gasteiger partial charge in [0.05, 0.1) is 5.75 Å². The van der Waals surface area contributed by atoms with Gasteiger partial charge in [0, 0.05) is 5.69 Å². The Morgan fingerprint density at radius 1 is 1.41 bits per heavy atom. The van der Waals surface area contributed by atoms with E-state index in [1.807, 2.05) is 13.8 Å². The van der Waals surface area contributed by atoms with Crippen molar-refractivity contribution in [3.63, 3.8) is 0 Å². The van der Waals surface area contributed by atoms with E-state index < -0.39 is 9.84 Å². The first-order chi connectivity index (χ1) is 7.88. The summed E-state index contributed by atoms with van der Waals surface area (Å²) >= 11 is 0. The maximum Gasteiger partial charge on any atom is 0.316 e. The van der Waals surface area contributed by atoms with Crippen molar-refractivity contribution in [1.82, 2.24) is 4.98 Å². The molecule has 0 bridgehead atoms. The van der Waals surface area contributed by atoms with Gasteiger partial charge in [-0.15, -0.1) is 0 Å². The van der Waals surface area contributed by atoms with E-state index in [-0.39, 0.29) is 16.9 Å². The molecular weight excluding hydrogens is 240 g/mol. The van der Waals surface area contributed by atoms with Gasteiger partial charge in [0.15, 0.2) is 5.58 Å². The molecule has 1 heterocycles. The summed E-state index contributed by atoms with van der Waals surface area (Å²) in [5, 5.41) is -0.230. The summed E-state index contributed by atoms with van der Waals surface area (Å²) in [4.78, 5) is 3.96. The molecule has 0 fully saturated rings. The molecule has 92 valence electrons. The topological polar surface area (TPSA) is 86.2 Å². The fourth-order valence-corrected chi connectivity index (χ4v) is 3.04. The largest absolute Gasteiger partial charge is 0.428 e. The molecule has 0 spiro atoms. The minimum absolute atomic E-state index is 0.0231. The lowest BCUT2D eigenvalue weighted by Gasteiger charge is -2.01. The molecule has 6 heteroatoms. The van der Waals surface area contributed by atoms with Crippen molar-refractivity contribution in [3.8, 4) is 0 Å². The molecule has 2 N–H and O–H groups in total. The predicted octanol–water partition coefficient (Wildman–Crippen LogP) is 1.84. The molecule has 17 heavy (non-hydrogen) atoms. The maximum absolute atomic E-state index is 11.9. The van der Waals surface area contributed by atoms with Gasteiger partial charge in [-0.25, -0.2) is 8.42 Å². The van der Waals surface area contributed by atoms with Crippen LogP contribution in [-0.4, -0.2) is 19.2 Å². The number of nitrogen functional groups attached to an aromatic ring is 1. The minimum Gasteiger partial charge on any atom is -0.428 e.